The number of hydrogen-bond acceptors (Lipinski definition) is 4. The average Bonchev–Trinajstić information content (AvgIpc) is 2.98. The van der Waals surface area contributed by atoms with Gasteiger partial charge >= 0.3 is 5.97 Å². The van der Waals surface area contributed by atoms with E-state index in [1.165, 1.54) is 16.2 Å². The van der Waals surface area contributed by atoms with E-state index in [4.69, 9.17) is 0 Å². The Hall–Kier alpha value is -1.40. The van der Waals surface area contributed by atoms with Gasteiger partial charge in [-0.25, -0.2) is 4.79 Å². The molecule has 1 aliphatic carbocycles. The van der Waals surface area contributed by atoms with Crippen molar-refractivity contribution in [3.63, 3.8) is 0 Å². The molecule has 1 fully saturated rings. The van der Waals surface area contributed by atoms with Crippen LogP contribution >= 0.6 is 11.3 Å². The van der Waals surface area contributed by atoms with E-state index in [1.54, 1.807) is 0 Å². The van der Waals surface area contributed by atoms with E-state index in [9.17, 15) is 19.8 Å². The number of carboxylic acids is 1. The molecule has 0 saturated heterocycles. The molecule has 1 amide bonds. The topological polar surface area (TPSA) is 77.8 Å². The number of rotatable bonds is 5. The molecule has 140 valence electrons. The lowest BCUT2D eigenvalue weighted by atomic mass is 9.82. The van der Waals surface area contributed by atoms with Gasteiger partial charge < -0.3 is 15.1 Å². The van der Waals surface area contributed by atoms with Crippen LogP contribution in [0.3, 0.4) is 0 Å². The van der Waals surface area contributed by atoms with Crippen LogP contribution < -0.4 is 4.90 Å². The number of aliphatic hydroxyl groups is 1. The summed E-state index contributed by atoms with van der Waals surface area (Å²) >= 11 is 1.22. The lowest BCUT2D eigenvalue weighted by molar-refractivity contribution is -0.123. The van der Waals surface area contributed by atoms with Crippen LogP contribution in [-0.2, 0) is 10.2 Å². The standard InChI is InChI=1S/C19H29NO4S/c1-12-5-7-13(8-6-12)17(22)20(9-10-21)14-11-15(19(2,3)4)25-16(14)18(23)24/h11-13,21H,5-10H2,1-4H3,(H,23,24). The zero-order valence-electron chi connectivity index (χ0n) is 15.5. The van der Waals surface area contributed by atoms with Gasteiger partial charge in [-0.3, -0.25) is 4.79 Å². The summed E-state index contributed by atoms with van der Waals surface area (Å²) in [5.41, 5.74) is 0.238. The molecule has 1 heterocycles. The Bertz CT molecular complexity index is 624. The maximum atomic E-state index is 13.1. The van der Waals surface area contributed by atoms with Crippen molar-refractivity contribution in [1.82, 2.24) is 0 Å². The Morgan fingerprint density at radius 2 is 1.84 bits per heavy atom. The molecular weight excluding hydrogens is 338 g/mol. The number of aromatic carboxylic acids is 1. The van der Waals surface area contributed by atoms with Gasteiger partial charge in [-0.05, 0) is 43.1 Å². The molecule has 0 radical (unpaired) electrons. The molecular formula is C19H29NO4S. The van der Waals surface area contributed by atoms with Crippen LogP contribution in [0.25, 0.3) is 0 Å². The van der Waals surface area contributed by atoms with Gasteiger partial charge in [0.1, 0.15) is 4.88 Å². The second-order valence-electron chi connectivity index (χ2n) is 8.05. The zero-order valence-corrected chi connectivity index (χ0v) is 16.4. The third kappa shape index (κ3) is 4.61. The van der Waals surface area contributed by atoms with Crippen molar-refractivity contribution < 1.29 is 19.8 Å². The number of nitrogens with zero attached hydrogens (tertiary/aromatic N) is 1. The number of carbonyl (C=O) groups excluding carboxylic acids is 1. The highest BCUT2D eigenvalue weighted by Gasteiger charge is 2.32. The summed E-state index contributed by atoms with van der Waals surface area (Å²) in [5, 5.41) is 19.0. The van der Waals surface area contributed by atoms with E-state index < -0.39 is 5.97 Å². The van der Waals surface area contributed by atoms with Crippen molar-refractivity contribution >= 4 is 28.9 Å². The fourth-order valence-corrected chi connectivity index (χ4v) is 4.34. The first kappa shape index (κ1) is 19.9. The van der Waals surface area contributed by atoms with Gasteiger partial charge in [0.25, 0.3) is 0 Å². The van der Waals surface area contributed by atoms with Gasteiger partial charge in [0, 0.05) is 17.3 Å². The van der Waals surface area contributed by atoms with Crippen molar-refractivity contribution in [1.29, 1.82) is 0 Å². The van der Waals surface area contributed by atoms with Crippen molar-refractivity contribution in [3.05, 3.63) is 15.8 Å². The fraction of sp³-hybridized carbons (Fsp3) is 0.684. The molecule has 0 aromatic carbocycles. The number of hydrogen-bond donors (Lipinski definition) is 2. The predicted molar refractivity (Wildman–Crippen MR) is 101 cm³/mol. The van der Waals surface area contributed by atoms with E-state index in [2.05, 4.69) is 6.92 Å². The zero-order chi connectivity index (χ0) is 18.8. The molecule has 0 bridgehead atoms. The van der Waals surface area contributed by atoms with E-state index in [-0.39, 0.29) is 35.3 Å². The van der Waals surface area contributed by atoms with Gasteiger partial charge in [-0.2, -0.15) is 0 Å². The van der Waals surface area contributed by atoms with Gasteiger partial charge in [-0.15, -0.1) is 11.3 Å². The number of aliphatic hydroxyl groups excluding tert-OH is 1. The lowest BCUT2D eigenvalue weighted by Crippen LogP contribution is -2.40. The molecule has 1 aromatic heterocycles. The molecule has 2 N–H and O–H groups in total. The Labute approximate surface area is 153 Å². The third-order valence-electron chi connectivity index (χ3n) is 4.89. The summed E-state index contributed by atoms with van der Waals surface area (Å²) in [5.74, 6) is -0.522. The number of carbonyl (C=O) groups is 2. The fourth-order valence-electron chi connectivity index (χ4n) is 3.28. The predicted octanol–water partition coefficient (Wildman–Crippen LogP) is 3.90. The largest absolute Gasteiger partial charge is 0.477 e. The minimum Gasteiger partial charge on any atom is -0.477 e. The summed E-state index contributed by atoms with van der Waals surface area (Å²) in [7, 11) is 0. The van der Waals surface area contributed by atoms with E-state index >= 15 is 0 Å². The van der Waals surface area contributed by atoms with Crippen LogP contribution in [0.2, 0.25) is 0 Å². The number of carboxylic acid groups (broad SMARTS) is 1. The van der Waals surface area contributed by atoms with E-state index in [1.807, 2.05) is 26.8 Å². The molecule has 0 atom stereocenters. The van der Waals surface area contributed by atoms with Crippen LogP contribution in [0.1, 0.15) is 67.9 Å². The molecule has 1 aromatic rings. The summed E-state index contributed by atoms with van der Waals surface area (Å²) in [6, 6.07) is 1.81. The van der Waals surface area contributed by atoms with Crippen molar-refractivity contribution in [2.75, 3.05) is 18.1 Å². The summed E-state index contributed by atoms with van der Waals surface area (Å²) < 4.78 is 0. The Morgan fingerprint density at radius 3 is 2.32 bits per heavy atom. The molecule has 25 heavy (non-hydrogen) atoms. The first-order chi connectivity index (χ1) is 11.6. The number of thiophene rings is 1. The molecule has 5 nitrogen and oxygen atoms in total. The molecule has 6 heteroatoms. The van der Waals surface area contributed by atoms with Crippen LogP contribution in [0.4, 0.5) is 5.69 Å². The Balaban J connectivity index is 2.37. The van der Waals surface area contributed by atoms with Crippen molar-refractivity contribution in [2.24, 2.45) is 11.8 Å². The highest BCUT2D eigenvalue weighted by atomic mass is 32.1. The second kappa shape index (κ2) is 7.87. The molecule has 0 unspecified atom stereocenters. The molecule has 0 spiro atoms. The molecule has 1 saturated carbocycles. The van der Waals surface area contributed by atoms with Crippen LogP contribution in [-0.4, -0.2) is 35.2 Å². The highest BCUT2D eigenvalue weighted by molar-refractivity contribution is 7.14. The highest BCUT2D eigenvalue weighted by Crippen LogP contribution is 2.39. The smallest absolute Gasteiger partial charge is 0.348 e. The summed E-state index contributed by atoms with van der Waals surface area (Å²) in [4.78, 5) is 27.4. The summed E-state index contributed by atoms with van der Waals surface area (Å²) in [6.45, 7) is 8.21. The second-order valence-corrected chi connectivity index (χ2v) is 9.10. The van der Waals surface area contributed by atoms with Crippen LogP contribution in [0.15, 0.2) is 6.07 Å². The Kier molecular flexibility index (Phi) is 6.27. The molecule has 0 aliphatic heterocycles. The minimum atomic E-state index is -1.02. The van der Waals surface area contributed by atoms with Gasteiger partial charge in [0.05, 0.1) is 12.3 Å². The van der Waals surface area contributed by atoms with Crippen LogP contribution in [0, 0.1) is 11.8 Å². The maximum Gasteiger partial charge on any atom is 0.348 e. The third-order valence-corrected chi connectivity index (χ3v) is 6.43. The maximum absolute atomic E-state index is 13.1. The SMILES string of the molecule is CC1CCC(C(=O)N(CCO)c2cc(C(C)(C)C)sc2C(=O)O)CC1. The van der Waals surface area contributed by atoms with Gasteiger partial charge in [-0.1, -0.05) is 27.7 Å². The summed E-state index contributed by atoms with van der Waals surface area (Å²) in [6.07, 6.45) is 3.71. The van der Waals surface area contributed by atoms with Crippen LogP contribution in [0.5, 0.6) is 0 Å². The quantitative estimate of drug-likeness (QED) is 0.827. The molecule has 2 rings (SSSR count). The van der Waals surface area contributed by atoms with E-state index in [0.717, 1.165) is 30.6 Å². The first-order valence-electron chi connectivity index (χ1n) is 8.95. The first-order valence-corrected chi connectivity index (χ1v) is 9.76. The minimum absolute atomic E-state index is 0.0540. The molecule has 1 aliphatic rings. The van der Waals surface area contributed by atoms with Crippen molar-refractivity contribution in [3.8, 4) is 0 Å². The lowest BCUT2D eigenvalue weighted by Gasteiger charge is -2.30. The number of anilines is 1. The Morgan fingerprint density at radius 1 is 1.24 bits per heavy atom. The number of amides is 1. The monoisotopic (exact) mass is 367 g/mol. The van der Waals surface area contributed by atoms with Crippen molar-refractivity contribution in [2.45, 2.75) is 58.8 Å². The van der Waals surface area contributed by atoms with E-state index in [0.29, 0.717) is 11.6 Å². The average molecular weight is 368 g/mol. The van der Waals surface area contributed by atoms with Gasteiger partial charge in [0.2, 0.25) is 5.91 Å². The van der Waals surface area contributed by atoms with Gasteiger partial charge in [0.15, 0.2) is 0 Å². The normalized spacial score (nSPS) is 21.2.